The van der Waals surface area contributed by atoms with Gasteiger partial charge < -0.3 is 15.0 Å². The summed E-state index contributed by atoms with van der Waals surface area (Å²) in [6, 6.07) is 16.8. The van der Waals surface area contributed by atoms with Gasteiger partial charge in [0.25, 0.3) is 0 Å². The largest absolute Gasteiger partial charge is 0.497 e. The summed E-state index contributed by atoms with van der Waals surface area (Å²) in [5.41, 5.74) is 3.67. The van der Waals surface area contributed by atoms with Crippen molar-refractivity contribution in [3.63, 3.8) is 0 Å². The lowest BCUT2D eigenvalue weighted by Crippen LogP contribution is -2.23. The minimum atomic E-state index is 0.896. The van der Waals surface area contributed by atoms with Crippen LogP contribution in [0.15, 0.2) is 48.5 Å². The van der Waals surface area contributed by atoms with Gasteiger partial charge in [-0.25, -0.2) is 0 Å². The van der Waals surface area contributed by atoms with Gasteiger partial charge in [0.05, 0.1) is 18.5 Å². The normalized spacial score (nSPS) is 14.8. The average Bonchev–Trinajstić information content (AvgIpc) is 2.49. The Morgan fingerprint density at radius 3 is 2.60 bits per heavy atom. The molecule has 0 aromatic heterocycles. The van der Waals surface area contributed by atoms with E-state index >= 15 is 0 Å². The zero-order valence-electron chi connectivity index (χ0n) is 11.8. The fourth-order valence-electron chi connectivity index (χ4n) is 2.63. The topological polar surface area (TPSA) is 24.5 Å². The Kier molecular flexibility index (Phi) is 3.77. The highest BCUT2D eigenvalue weighted by atomic mass is 16.5. The van der Waals surface area contributed by atoms with Crippen LogP contribution in [-0.4, -0.2) is 20.2 Å². The molecule has 1 aliphatic heterocycles. The number of para-hydroxylation sites is 2. The molecule has 0 atom stereocenters. The second-order valence-electron chi connectivity index (χ2n) is 5.00. The van der Waals surface area contributed by atoms with Crippen LogP contribution in [0.2, 0.25) is 0 Å². The van der Waals surface area contributed by atoms with E-state index in [2.05, 4.69) is 46.6 Å². The molecular weight excluding hydrogens is 248 g/mol. The maximum absolute atomic E-state index is 5.24. The number of nitrogens with one attached hydrogen (secondary N) is 1. The Morgan fingerprint density at radius 2 is 1.80 bits per heavy atom. The first kappa shape index (κ1) is 12.9. The molecule has 1 aliphatic rings. The van der Waals surface area contributed by atoms with Crippen molar-refractivity contribution in [3.8, 4) is 5.75 Å². The van der Waals surface area contributed by atoms with Crippen molar-refractivity contribution < 1.29 is 4.74 Å². The Balaban J connectivity index is 1.98. The third kappa shape index (κ3) is 2.57. The second kappa shape index (κ2) is 5.87. The van der Waals surface area contributed by atoms with E-state index in [-0.39, 0.29) is 0 Å². The smallest absolute Gasteiger partial charge is 0.119 e. The number of nitrogens with zero attached hydrogens (tertiary/aromatic N) is 1. The molecule has 1 N–H and O–H groups in total. The standard InChI is InChI=1S/C17H20N2O/c1-20-15-10-8-14(9-11-15)19-13-5-4-12-18-16-6-2-3-7-17(16)19/h2-3,6-11,18H,4-5,12-13H2,1H3. The van der Waals surface area contributed by atoms with Gasteiger partial charge in [0, 0.05) is 18.8 Å². The van der Waals surface area contributed by atoms with Gasteiger partial charge in [-0.1, -0.05) is 12.1 Å². The van der Waals surface area contributed by atoms with Gasteiger partial charge in [-0.15, -0.1) is 0 Å². The number of hydrogen-bond donors (Lipinski definition) is 1. The zero-order chi connectivity index (χ0) is 13.8. The molecule has 0 amide bonds. The summed E-state index contributed by atoms with van der Waals surface area (Å²) in [7, 11) is 1.70. The summed E-state index contributed by atoms with van der Waals surface area (Å²) in [4.78, 5) is 2.38. The van der Waals surface area contributed by atoms with Gasteiger partial charge >= 0.3 is 0 Å². The molecule has 3 heteroatoms. The molecule has 0 aliphatic carbocycles. The molecule has 0 bridgehead atoms. The lowest BCUT2D eigenvalue weighted by atomic mass is 10.1. The third-order valence-electron chi connectivity index (χ3n) is 3.70. The van der Waals surface area contributed by atoms with Crippen molar-refractivity contribution in [1.82, 2.24) is 0 Å². The second-order valence-corrected chi connectivity index (χ2v) is 5.00. The van der Waals surface area contributed by atoms with Crippen LogP contribution >= 0.6 is 0 Å². The summed E-state index contributed by atoms with van der Waals surface area (Å²) < 4.78 is 5.24. The molecule has 0 radical (unpaired) electrons. The minimum absolute atomic E-state index is 0.896. The summed E-state index contributed by atoms with van der Waals surface area (Å²) in [5.74, 6) is 0.896. The van der Waals surface area contributed by atoms with Crippen LogP contribution in [0.5, 0.6) is 5.75 Å². The van der Waals surface area contributed by atoms with E-state index in [1.54, 1.807) is 7.11 Å². The first-order valence-corrected chi connectivity index (χ1v) is 7.13. The number of ether oxygens (including phenoxy) is 1. The number of hydrogen-bond acceptors (Lipinski definition) is 3. The molecule has 0 unspecified atom stereocenters. The molecule has 104 valence electrons. The van der Waals surface area contributed by atoms with Crippen molar-refractivity contribution in [1.29, 1.82) is 0 Å². The predicted octanol–water partition coefficient (Wildman–Crippen LogP) is 4.04. The fourth-order valence-corrected chi connectivity index (χ4v) is 2.63. The maximum atomic E-state index is 5.24. The summed E-state index contributed by atoms with van der Waals surface area (Å²) >= 11 is 0. The Labute approximate surface area is 120 Å². The minimum Gasteiger partial charge on any atom is -0.497 e. The highest BCUT2D eigenvalue weighted by molar-refractivity contribution is 5.76. The SMILES string of the molecule is COc1ccc(N2CCCCNc3ccccc32)cc1. The van der Waals surface area contributed by atoms with Crippen molar-refractivity contribution in [2.24, 2.45) is 0 Å². The molecule has 2 aromatic rings. The van der Waals surface area contributed by atoms with Gasteiger partial charge in [0.1, 0.15) is 5.75 Å². The van der Waals surface area contributed by atoms with E-state index in [9.17, 15) is 0 Å². The van der Waals surface area contributed by atoms with Crippen LogP contribution in [0.4, 0.5) is 17.1 Å². The number of anilines is 3. The number of methoxy groups -OCH3 is 1. The van der Waals surface area contributed by atoms with Crippen molar-refractivity contribution >= 4 is 17.1 Å². The highest BCUT2D eigenvalue weighted by Gasteiger charge is 2.15. The molecule has 0 saturated carbocycles. The van der Waals surface area contributed by atoms with E-state index < -0.39 is 0 Å². The van der Waals surface area contributed by atoms with Crippen molar-refractivity contribution in [2.45, 2.75) is 12.8 Å². The van der Waals surface area contributed by atoms with Crippen LogP contribution in [0.1, 0.15) is 12.8 Å². The Bertz CT molecular complexity index is 565. The van der Waals surface area contributed by atoms with Gasteiger partial charge in [-0.05, 0) is 49.2 Å². The maximum Gasteiger partial charge on any atom is 0.119 e. The quantitative estimate of drug-likeness (QED) is 0.889. The van der Waals surface area contributed by atoms with Gasteiger partial charge in [0.2, 0.25) is 0 Å². The van der Waals surface area contributed by atoms with E-state index in [0.29, 0.717) is 0 Å². The van der Waals surface area contributed by atoms with Crippen LogP contribution in [-0.2, 0) is 0 Å². The molecule has 20 heavy (non-hydrogen) atoms. The van der Waals surface area contributed by atoms with Crippen LogP contribution in [0.3, 0.4) is 0 Å². The molecule has 0 saturated heterocycles. The average molecular weight is 268 g/mol. The van der Waals surface area contributed by atoms with Crippen molar-refractivity contribution in [3.05, 3.63) is 48.5 Å². The molecule has 2 aromatic carbocycles. The van der Waals surface area contributed by atoms with E-state index in [4.69, 9.17) is 4.74 Å². The lowest BCUT2D eigenvalue weighted by Gasteiger charge is -2.29. The van der Waals surface area contributed by atoms with E-state index in [1.165, 1.54) is 29.9 Å². The summed E-state index contributed by atoms with van der Waals surface area (Å²) in [6.45, 7) is 2.10. The Morgan fingerprint density at radius 1 is 1.00 bits per heavy atom. The molecule has 0 fully saturated rings. The van der Waals surface area contributed by atoms with Crippen LogP contribution in [0, 0.1) is 0 Å². The fraction of sp³-hybridized carbons (Fsp3) is 0.294. The number of benzene rings is 2. The zero-order valence-corrected chi connectivity index (χ0v) is 11.8. The lowest BCUT2D eigenvalue weighted by molar-refractivity contribution is 0.415. The van der Waals surface area contributed by atoms with Gasteiger partial charge in [-0.2, -0.15) is 0 Å². The summed E-state index contributed by atoms with van der Waals surface area (Å²) in [6.07, 6.45) is 2.38. The van der Waals surface area contributed by atoms with Crippen molar-refractivity contribution in [2.75, 3.05) is 30.4 Å². The van der Waals surface area contributed by atoms with E-state index in [0.717, 1.165) is 18.8 Å². The molecule has 3 rings (SSSR count). The Hall–Kier alpha value is -2.16. The molecular formula is C17H20N2O. The van der Waals surface area contributed by atoms with E-state index in [1.807, 2.05) is 12.1 Å². The number of rotatable bonds is 2. The molecule has 3 nitrogen and oxygen atoms in total. The monoisotopic (exact) mass is 268 g/mol. The first-order valence-electron chi connectivity index (χ1n) is 7.13. The predicted molar refractivity (Wildman–Crippen MR) is 84.2 cm³/mol. The third-order valence-corrected chi connectivity index (χ3v) is 3.70. The molecule has 0 spiro atoms. The summed E-state index contributed by atoms with van der Waals surface area (Å²) in [5, 5.41) is 3.52. The van der Waals surface area contributed by atoms with Crippen LogP contribution in [0.25, 0.3) is 0 Å². The first-order chi connectivity index (χ1) is 9.88. The highest BCUT2D eigenvalue weighted by Crippen LogP contribution is 2.34. The van der Waals surface area contributed by atoms with Gasteiger partial charge in [-0.3, -0.25) is 0 Å². The number of fused-ring (bicyclic) bond motifs is 1. The van der Waals surface area contributed by atoms with Crippen LogP contribution < -0.4 is 15.0 Å². The molecule has 1 heterocycles. The van der Waals surface area contributed by atoms with Gasteiger partial charge in [0.15, 0.2) is 0 Å².